The number of hydrogen-bond donors (Lipinski definition) is 0. The van der Waals surface area contributed by atoms with Crippen LogP contribution in [0.3, 0.4) is 0 Å². The Labute approximate surface area is 395 Å². The van der Waals surface area contributed by atoms with E-state index in [0.717, 1.165) is 17.1 Å². The van der Waals surface area contributed by atoms with Crippen LogP contribution < -0.4 is 4.90 Å². The standard InChI is InChI=1S/C63H38N2S2/c1-2-18-44-39(14-1)15-13-27-55(44)65-56-26-8-4-20-46(56)50-36-41(31-34-57(50)65)64(43-30-33-48-47-21-5-9-28-58(47)66-61(48)38-43)42-32-35-60-54(37-42)63(52-24-7-10-29-59(52)67-60)51-23-6-3-19-45(51)49-22-11-16-40-17-12-25-53(63)62(40)49/h1-38H. The summed E-state index contributed by atoms with van der Waals surface area (Å²) in [6.07, 6.45) is 0. The van der Waals surface area contributed by atoms with Crippen LogP contribution in [0.15, 0.2) is 240 Å². The number of thiophene rings is 1. The SMILES string of the molecule is c1ccc2c(c1)Sc1ccc(N(c3ccc4c(c3)sc3ccccc34)c3ccc4c(c3)c3ccccc3n4-c3cccc4ccccc34)cc1C21c2ccccc2-c2cccc3cccc1c23. The summed E-state index contributed by atoms with van der Waals surface area (Å²) in [4.78, 5) is 5.09. The van der Waals surface area contributed by atoms with Crippen LogP contribution in [-0.2, 0) is 5.41 Å². The Morgan fingerprint density at radius 1 is 0.358 bits per heavy atom. The number of nitrogens with zero attached hydrogens (tertiary/aromatic N) is 2. The molecule has 1 aliphatic heterocycles. The zero-order valence-corrected chi connectivity index (χ0v) is 37.8. The van der Waals surface area contributed by atoms with Gasteiger partial charge >= 0.3 is 0 Å². The van der Waals surface area contributed by atoms with Crippen LogP contribution in [0.4, 0.5) is 17.1 Å². The van der Waals surface area contributed by atoms with Gasteiger partial charge in [-0.3, -0.25) is 0 Å². The minimum absolute atomic E-state index is 0.561. The maximum Gasteiger partial charge on any atom is 0.0736 e. The fourth-order valence-corrected chi connectivity index (χ4v) is 14.2. The fourth-order valence-electron chi connectivity index (χ4n) is 11.9. The molecule has 0 bridgehead atoms. The second-order valence-electron chi connectivity index (χ2n) is 17.9. The highest BCUT2D eigenvalue weighted by atomic mass is 32.2. The monoisotopic (exact) mass is 886 g/mol. The van der Waals surface area contributed by atoms with E-state index in [1.165, 1.54) is 112 Å². The molecule has 13 aromatic rings. The molecule has 0 N–H and O–H groups in total. The molecule has 0 saturated heterocycles. The van der Waals surface area contributed by atoms with E-state index in [1.54, 1.807) is 0 Å². The van der Waals surface area contributed by atoms with Crippen molar-refractivity contribution in [2.45, 2.75) is 15.2 Å². The van der Waals surface area contributed by atoms with Crippen molar-refractivity contribution in [1.29, 1.82) is 0 Å². The van der Waals surface area contributed by atoms with E-state index in [0.29, 0.717) is 0 Å². The lowest BCUT2D eigenvalue weighted by atomic mass is 9.59. The summed E-state index contributed by atoms with van der Waals surface area (Å²) in [6, 6.07) is 86.6. The van der Waals surface area contributed by atoms with Gasteiger partial charge in [0.1, 0.15) is 0 Å². The lowest BCUT2D eigenvalue weighted by molar-refractivity contribution is 0.707. The minimum atomic E-state index is -0.561. The molecule has 4 heteroatoms. The van der Waals surface area contributed by atoms with Crippen LogP contribution in [0.5, 0.6) is 0 Å². The van der Waals surface area contributed by atoms with Gasteiger partial charge in [0.2, 0.25) is 0 Å². The molecule has 1 aliphatic carbocycles. The van der Waals surface area contributed by atoms with Gasteiger partial charge in [0, 0.05) is 63.2 Å². The summed E-state index contributed by atoms with van der Waals surface area (Å²) >= 11 is 3.77. The van der Waals surface area contributed by atoms with E-state index in [2.05, 4.69) is 240 Å². The average Bonchev–Trinajstić information content (AvgIpc) is 3.92. The van der Waals surface area contributed by atoms with Gasteiger partial charge in [-0.2, -0.15) is 0 Å². The molecule has 3 heterocycles. The molecule has 2 aromatic heterocycles. The summed E-state index contributed by atoms with van der Waals surface area (Å²) in [5.41, 5.74) is 14.3. The van der Waals surface area contributed by atoms with Gasteiger partial charge in [-0.15, -0.1) is 11.3 Å². The zero-order chi connectivity index (χ0) is 43.8. The molecule has 2 aliphatic rings. The van der Waals surface area contributed by atoms with E-state index in [-0.39, 0.29) is 0 Å². The summed E-state index contributed by atoms with van der Waals surface area (Å²) in [7, 11) is 0. The van der Waals surface area contributed by atoms with Crippen molar-refractivity contribution in [3.05, 3.63) is 253 Å². The first kappa shape index (κ1) is 37.3. The number of rotatable bonds is 4. The van der Waals surface area contributed by atoms with Crippen LogP contribution in [-0.4, -0.2) is 4.57 Å². The minimum Gasteiger partial charge on any atom is -0.310 e. The second-order valence-corrected chi connectivity index (χ2v) is 20.1. The van der Waals surface area contributed by atoms with Crippen molar-refractivity contribution in [1.82, 2.24) is 4.57 Å². The van der Waals surface area contributed by atoms with E-state index >= 15 is 0 Å². The van der Waals surface area contributed by atoms with Gasteiger partial charge < -0.3 is 9.47 Å². The third-order valence-corrected chi connectivity index (χ3v) is 16.9. The largest absolute Gasteiger partial charge is 0.310 e. The van der Waals surface area contributed by atoms with Gasteiger partial charge in [0.15, 0.2) is 0 Å². The Hall–Kier alpha value is -7.89. The van der Waals surface area contributed by atoms with Crippen molar-refractivity contribution in [2.24, 2.45) is 0 Å². The number of benzene rings is 11. The zero-order valence-electron chi connectivity index (χ0n) is 36.2. The Morgan fingerprint density at radius 3 is 1.91 bits per heavy atom. The molecule has 1 atom stereocenters. The molecule has 0 fully saturated rings. The first-order valence-electron chi connectivity index (χ1n) is 23.0. The molecule has 2 nitrogen and oxygen atoms in total. The van der Waals surface area contributed by atoms with E-state index in [4.69, 9.17) is 0 Å². The van der Waals surface area contributed by atoms with Crippen molar-refractivity contribution in [3.63, 3.8) is 0 Å². The highest BCUT2D eigenvalue weighted by Gasteiger charge is 2.48. The van der Waals surface area contributed by atoms with Crippen molar-refractivity contribution in [2.75, 3.05) is 4.90 Å². The van der Waals surface area contributed by atoms with Crippen molar-refractivity contribution in [3.8, 4) is 16.8 Å². The Kier molecular flexibility index (Phi) is 7.84. The summed E-state index contributed by atoms with van der Waals surface area (Å²) in [5.74, 6) is 0. The molecule has 0 radical (unpaired) electrons. The van der Waals surface area contributed by atoms with E-state index < -0.39 is 5.41 Å². The van der Waals surface area contributed by atoms with Crippen LogP contribution in [0.1, 0.15) is 22.3 Å². The van der Waals surface area contributed by atoms with Gasteiger partial charge in [0.05, 0.1) is 22.1 Å². The van der Waals surface area contributed by atoms with Gasteiger partial charge in [-0.05, 0) is 122 Å². The first-order valence-corrected chi connectivity index (χ1v) is 24.6. The molecule has 312 valence electrons. The second kappa shape index (κ2) is 14.1. The predicted molar refractivity (Wildman–Crippen MR) is 285 cm³/mol. The third-order valence-electron chi connectivity index (χ3n) is 14.6. The van der Waals surface area contributed by atoms with Crippen LogP contribution >= 0.6 is 23.1 Å². The molecule has 1 spiro atoms. The molecular formula is C63H38N2S2. The molecule has 1 unspecified atom stereocenters. The van der Waals surface area contributed by atoms with Gasteiger partial charge in [0.25, 0.3) is 0 Å². The molecule has 0 saturated carbocycles. The maximum absolute atomic E-state index is 2.53. The van der Waals surface area contributed by atoms with Crippen LogP contribution in [0.25, 0.3) is 80.3 Å². The molecule has 11 aromatic carbocycles. The summed E-state index contributed by atoms with van der Waals surface area (Å²) in [5, 5.41) is 10.1. The number of hydrogen-bond acceptors (Lipinski definition) is 3. The van der Waals surface area contributed by atoms with Crippen LogP contribution in [0, 0.1) is 0 Å². The predicted octanol–water partition coefficient (Wildman–Crippen LogP) is 17.8. The maximum atomic E-state index is 2.53. The van der Waals surface area contributed by atoms with Crippen molar-refractivity contribution >= 4 is 104 Å². The Balaban J connectivity index is 1.02. The van der Waals surface area contributed by atoms with Crippen molar-refractivity contribution < 1.29 is 0 Å². The van der Waals surface area contributed by atoms with Gasteiger partial charge in [-0.25, -0.2) is 0 Å². The lowest BCUT2D eigenvalue weighted by Crippen LogP contribution is -2.36. The molecular weight excluding hydrogens is 849 g/mol. The highest BCUT2D eigenvalue weighted by molar-refractivity contribution is 7.99. The number of fused-ring (bicyclic) bond motifs is 15. The highest BCUT2D eigenvalue weighted by Crippen LogP contribution is 2.62. The molecule has 67 heavy (non-hydrogen) atoms. The molecule has 0 amide bonds. The topological polar surface area (TPSA) is 8.17 Å². The fraction of sp³-hybridized carbons (Fsp3) is 0.0159. The summed E-state index contributed by atoms with van der Waals surface area (Å²) in [6.45, 7) is 0. The number of para-hydroxylation sites is 1. The van der Waals surface area contributed by atoms with Gasteiger partial charge in [-0.1, -0.05) is 169 Å². The smallest absolute Gasteiger partial charge is 0.0736 e. The van der Waals surface area contributed by atoms with E-state index in [9.17, 15) is 0 Å². The average molecular weight is 887 g/mol. The summed E-state index contributed by atoms with van der Waals surface area (Å²) < 4.78 is 5.04. The number of anilines is 3. The lowest BCUT2D eigenvalue weighted by Gasteiger charge is -2.46. The Bertz CT molecular complexity index is 4220. The Morgan fingerprint density at radius 2 is 0.970 bits per heavy atom. The normalized spacial score (nSPS) is 14.9. The first-order chi connectivity index (χ1) is 33.2. The number of aromatic nitrogens is 1. The van der Waals surface area contributed by atoms with Crippen LogP contribution in [0.2, 0.25) is 0 Å². The van der Waals surface area contributed by atoms with E-state index in [1.807, 2.05) is 23.1 Å². The third kappa shape index (κ3) is 5.17. The quantitative estimate of drug-likeness (QED) is 0.174. The molecule has 15 rings (SSSR count).